The number of oxime groups is 1. The number of aryl methyl sites for hydroxylation is 1. The lowest BCUT2D eigenvalue weighted by Gasteiger charge is -2.29. The number of fused-ring (bicyclic) bond motifs is 1. The van der Waals surface area contributed by atoms with E-state index in [-0.39, 0.29) is 43.5 Å². The number of nitrogens with zero attached hydrogens (tertiary/aromatic N) is 4. The Balaban J connectivity index is 0.00000141. The number of carboxylic acid groups (broad SMARTS) is 1. The van der Waals surface area contributed by atoms with Crippen LogP contribution < -0.4 is 0 Å². The van der Waals surface area contributed by atoms with E-state index in [1.165, 1.54) is 29.9 Å². The summed E-state index contributed by atoms with van der Waals surface area (Å²) >= 11 is 11.8. The summed E-state index contributed by atoms with van der Waals surface area (Å²) in [6.07, 6.45) is -5.54. The molecule has 0 bridgehead atoms. The Morgan fingerprint density at radius 1 is 1.19 bits per heavy atom. The lowest BCUT2D eigenvalue weighted by Crippen LogP contribution is -2.42. The number of hydrogen-bond donors (Lipinski definition) is 1. The number of alkyl halides is 3. The Morgan fingerprint density at radius 2 is 1.81 bits per heavy atom. The number of aromatic carboxylic acids is 1. The second kappa shape index (κ2) is 8.59. The van der Waals surface area contributed by atoms with Gasteiger partial charge >= 0.3 is 12.1 Å². The van der Waals surface area contributed by atoms with Crippen LogP contribution in [-0.4, -0.2) is 38.0 Å². The number of rotatable bonds is 3. The molecule has 1 aliphatic heterocycles. The summed E-state index contributed by atoms with van der Waals surface area (Å²) in [5.74, 6) is -1.22. The molecule has 1 aliphatic rings. The van der Waals surface area contributed by atoms with Gasteiger partial charge in [0.2, 0.25) is 0 Å². The molecule has 0 amide bonds. The van der Waals surface area contributed by atoms with Gasteiger partial charge in [-0.3, -0.25) is 0 Å². The van der Waals surface area contributed by atoms with Crippen LogP contribution in [0.1, 0.15) is 41.8 Å². The van der Waals surface area contributed by atoms with Crippen LogP contribution in [0.3, 0.4) is 0 Å². The van der Waals surface area contributed by atoms with Gasteiger partial charge in [0.25, 0.3) is 5.60 Å². The van der Waals surface area contributed by atoms with Crippen LogP contribution in [-0.2, 0) is 17.5 Å². The fraction of sp³-hybridized carbons (Fsp3) is 0.300. The molecule has 0 aliphatic carbocycles. The van der Waals surface area contributed by atoms with Crippen LogP contribution in [0.4, 0.5) is 13.2 Å². The third-order valence-corrected chi connectivity index (χ3v) is 5.25. The van der Waals surface area contributed by atoms with Crippen molar-refractivity contribution in [2.24, 2.45) is 12.2 Å². The number of benzene rings is 2. The van der Waals surface area contributed by atoms with Crippen molar-refractivity contribution in [1.82, 2.24) is 15.0 Å². The number of aromatic nitrogens is 3. The molecule has 1 N–H and O–H groups in total. The zero-order valence-electron chi connectivity index (χ0n) is 17.0. The summed E-state index contributed by atoms with van der Waals surface area (Å²) in [6, 6.07) is 6.13. The minimum absolute atomic E-state index is 0.0142. The minimum atomic E-state index is -4.85. The molecule has 2 aromatic carbocycles. The smallest absolute Gasteiger partial charge is 0.435 e. The van der Waals surface area contributed by atoms with E-state index in [0.717, 1.165) is 12.1 Å². The van der Waals surface area contributed by atoms with E-state index in [9.17, 15) is 23.1 Å². The largest absolute Gasteiger partial charge is 0.478 e. The topological polar surface area (TPSA) is 89.6 Å². The third kappa shape index (κ3) is 3.88. The number of halogens is 5. The van der Waals surface area contributed by atoms with Crippen LogP contribution in [0.2, 0.25) is 10.0 Å². The average molecular weight is 489 g/mol. The fourth-order valence-electron chi connectivity index (χ4n) is 3.41. The van der Waals surface area contributed by atoms with Crippen molar-refractivity contribution in [3.63, 3.8) is 0 Å². The summed E-state index contributed by atoms with van der Waals surface area (Å²) in [7, 11) is 1.48. The van der Waals surface area contributed by atoms with Gasteiger partial charge in [0.15, 0.2) is 0 Å². The maximum atomic E-state index is 14.1. The first-order valence-electron chi connectivity index (χ1n) is 9.38. The Kier molecular flexibility index (Phi) is 6.39. The van der Waals surface area contributed by atoms with Gasteiger partial charge in [0, 0.05) is 28.2 Å². The highest BCUT2D eigenvalue weighted by Gasteiger charge is 2.62. The standard InChI is InChI=1S/C18H11Cl2F3N4O3.C2H6/c1-27-15-12(16(28)29)3-2-11(14(15)24-26-27)13-7-17(30-25-13,18(21,22)23)8-4-9(19)6-10(20)5-8;1-2/h2-6H,7H2,1H3,(H,28,29);1-2H3. The van der Waals surface area contributed by atoms with Crippen LogP contribution in [0.15, 0.2) is 35.5 Å². The van der Waals surface area contributed by atoms with E-state index in [0.29, 0.717) is 0 Å². The number of hydrogen-bond acceptors (Lipinski definition) is 5. The molecule has 0 spiro atoms. The predicted molar refractivity (Wildman–Crippen MR) is 113 cm³/mol. The first-order valence-corrected chi connectivity index (χ1v) is 10.1. The summed E-state index contributed by atoms with van der Waals surface area (Å²) in [5, 5.41) is 20.8. The zero-order chi connectivity index (χ0) is 23.8. The summed E-state index contributed by atoms with van der Waals surface area (Å²) in [5.41, 5.74) is -2.84. The second-order valence-electron chi connectivity index (χ2n) is 6.67. The maximum Gasteiger partial charge on any atom is 0.435 e. The van der Waals surface area contributed by atoms with Crippen molar-refractivity contribution in [3.05, 3.63) is 57.1 Å². The van der Waals surface area contributed by atoms with Gasteiger partial charge in [-0.05, 0) is 30.3 Å². The minimum Gasteiger partial charge on any atom is -0.478 e. The Bertz CT molecular complexity index is 1210. The van der Waals surface area contributed by atoms with Gasteiger partial charge in [-0.1, -0.05) is 47.4 Å². The molecule has 1 aromatic heterocycles. The first-order chi connectivity index (χ1) is 15.0. The van der Waals surface area contributed by atoms with Crippen molar-refractivity contribution < 1.29 is 27.9 Å². The van der Waals surface area contributed by atoms with E-state index < -0.39 is 24.2 Å². The van der Waals surface area contributed by atoms with Crippen LogP contribution in [0.5, 0.6) is 0 Å². The van der Waals surface area contributed by atoms with Gasteiger partial charge in [-0.25, -0.2) is 9.48 Å². The first kappa shape index (κ1) is 23.8. The summed E-state index contributed by atoms with van der Waals surface area (Å²) < 4.78 is 43.7. The highest BCUT2D eigenvalue weighted by molar-refractivity contribution is 6.34. The van der Waals surface area contributed by atoms with Crippen LogP contribution in [0, 0.1) is 0 Å². The lowest BCUT2D eigenvalue weighted by atomic mass is 9.86. The van der Waals surface area contributed by atoms with Gasteiger partial charge in [-0.2, -0.15) is 13.2 Å². The van der Waals surface area contributed by atoms with E-state index in [1.807, 2.05) is 13.8 Å². The van der Waals surface area contributed by atoms with Gasteiger partial charge < -0.3 is 9.94 Å². The monoisotopic (exact) mass is 488 g/mol. The van der Waals surface area contributed by atoms with E-state index in [4.69, 9.17) is 28.0 Å². The Labute approximate surface area is 190 Å². The van der Waals surface area contributed by atoms with Crippen molar-refractivity contribution in [1.29, 1.82) is 0 Å². The van der Waals surface area contributed by atoms with Crippen LogP contribution >= 0.6 is 23.2 Å². The molecule has 170 valence electrons. The van der Waals surface area contributed by atoms with Gasteiger partial charge in [0.1, 0.15) is 11.0 Å². The molecule has 4 rings (SSSR count). The Hall–Kier alpha value is -2.85. The lowest BCUT2D eigenvalue weighted by molar-refractivity contribution is -0.275. The maximum absolute atomic E-state index is 14.1. The molecule has 7 nitrogen and oxygen atoms in total. The van der Waals surface area contributed by atoms with E-state index in [1.54, 1.807) is 0 Å². The van der Waals surface area contributed by atoms with Crippen molar-refractivity contribution >= 4 is 45.9 Å². The van der Waals surface area contributed by atoms with E-state index >= 15 is 0 Å². The molecule has 1 unspecified atom stereocenters. The number of carbonyl (C=O) groups is 1. The molecular weight excluding hydrogens is 472 g/mol. The Morgan fingerprint density at radius 3 is 2.38 bits per heavy atom. The highest BCUT2D eigenvalue weighted by atomic mass is 35.5. The second-order valence-corrected chi connectivity index (χ2v) is 7.54. The molecule has 1 atom stereocenters. The molecule has 0 radical (unpaired) electrons. The molecule has 0 saturated heterocycles. The molecule has 0 saturated carbocycles. The van der Waals surface area contributed by atoms with Crippen molar-refractivity contribution in [3.8, 4) is 0 Å². The SMILES string of the molecule is CC.Cn1nnc2c(C3=NOC(c4cc(Cl)cc(Cl)c4)(C(F)(F)F)C3)ccc(C(=O)O)c21. The molecular formula is C20H17Cl2F3N4O3. The van der Waals surface area contributed by atoms with Gasteiger partial charge in [0.05, 0.1) is 17.7 Å². The normalized spacial score (nSPS) is 18.1. The van der Waals surface area contributed by atoms with Crippen LogP contribution in [0.25, 0.3) is 11.0 Å². The summed E-state index contributed by atoms with van der Waals surface area (Å²) in [4.78, 5) is 16.5. The zero-order valence-corrected chi connectivity index (χ0v) is 18.5. The quantitative estimate of drug-likeness (QED) is 0.519. The molecule has 32 heavy (non-hydrogen) atoms. The highest BCUT2D eigenvalue weighted by Crippen LogP contribution is 2.50. The fourth-order valence-corrected chi connectivity index (χ4v) is 3.93. The predicted octanol–water partition coefficient (Wildman–Crippen LogP) is 5.58. The molecule has 0 fully saturated rings. The van der Waals surface area contributed by atoms with Crippen molar-refractivity contribution in [2.75, 3.05) is 0 Å². The molecule has 12 heteroatoms. The number of carboxylic acids is 1. The average Bonchev–Trinajstić information content (AvgIpc) is 3.33. The molecule has 2 heterocycles. The third-order valence-electron chi connectivity index (χ3n) is 4.81. The summed E-state index contributed by atoms with van der Waals surface area (Å²) in [6.45, 7) is 4.00. The van der Waals surface area contributed by atoms with Gasteiger partial charge in [-0.15, -0.1) is 5.10 Å². The van der Waals surface area contributed by atoms with Crippen molar-refractivity contribution in [2.45, 2.75) is 32.0 Å². The molecule has 3 aromatic rings. The van der Waals surface area contributed by atoms with E-state index in [2.05, 4.69) is 15.5 Å².